The van der Waals surface area contributed by atoms with E-state index < -0.39 is 11.8 Å². The Morgan fingerprint density at radius 3 is 2.58 bits per heavy atom. The van der Waals surface area contributed by atoms with Crippen molar-refractivity contribution < 1.29 is 29.0 Å². The third kappa shape index (κ3) is 6.47. The summed E-state index contributed by atoms with van der Waals surface area (Å²) < 4.78 is 15.4. The highest BCUT2D eigenvalue weighted by Crippen LogP contribution is 2.39. The summed E-state index contributed by atoms with van der Waals surface area (Å²) in [6.07, 6.45) is 1.66. The summed E-state index contributed by atoms with van der Waals surface area (Å²) in [6.45, 7) is 5.17. The summed E-state index contributed by atoms with van der Waals surface area (Å²) in [5.41, 5.74) is 20.7. The van der Waals surface area contributed by atoms with E-state index in [1.807, 2.05) is 18.4 Å². The number of hydrogen-bond donors (Lipinski definition) is 6. The maximum absolute atomic E-state index is 13.4. The van der Waals surface area contributed by atoms with Gasteiger partial charge in [0.25, 0.3) is 5.91 Å². The van der Waals surface area contributed by atoms with Gasteiger partial charge in [0, 0.05) is 37.2 Å². The molecular weight excluding hydrogens is 582 g/mol. The molecule has 0 aliphatic carbocycles. The van der Waals surface area contributed by atoms with E-state index in [2.05, 4.69) is 20.7 Å². The van der Waals surface area contributed by atoms with E-state index in [4.69, 9.17) is 31.8 Å². The highest BCUT2D eigenvalue weighted by molar-refractivity contribution is 6.04. The number of carbonyl (C=O) groups excluding carboxylic acids is 3. The molecule has 0 fully saturated rings. The van der Waals surface area contributed by atoms with E-state index in [9.17, 15) is 14.4 Å². The molecule has 15 heteroatoms. The van der Waals surface area contributed by atoms with Gasteiger partial charge in [-0.1, -0.05) is 0 Å². The normalized spacial score (nSPS) is 13.8. The Morgan fingerprint density at radius 1 is 1.11 bits per heavy atom. The highest BCUT2D eigenvalue weighted by atomic mass is 16.5. The highest BCUT2D eigenvalue weighted by Gasteiger charge is 2.29. The molecular formula is C30H37N9O6. The summed E-state index contributed by atoms with van der Waals surface area (Å²) in [4.78, 5) is 41.8. The number of primary amides is 2. The largest absolute Gasteiger partial charge is 0.491 e. The molecule has 1 atom stereocenters. The minimum Gasteiger partial charge on any atom is -0.491 e. The van der Waals surface area contributed by atoms with E-state index in [0.717, 1.165) is 5.69 Å². The fraction of sp³-hybridized carbons (Fsp3) is 0.367. The fourth-order valence-corrected chi connectivity index (χ4v) is 5.38. The van der Waals surface area contributed by atoms with Gasteiger partial charge in [0.05, 0.1) is 29.5 Å². The molecule has 45 heavy (non-hydrogen) atoms. The zero-order chi connectivity index (χ0) is 32.2. The predicted octanol–water partition coefficient (Wildman–Crippen LogP) is 2.18. The lowest BCUT2D eigenvalue weighted by Gasteiger charge is -2.27. The number of amides is 3. The van der Waals surface area contributed by atoms with E-state index in [1.165, 1.54) is 12.1 Å². The van der Waals surface area contributed by atoms with Crippen LogP contribution in [0, 0.1) is 6.92 Å². The zero-order valence-electron chi connectivity index (χ0n) is 25.1. The predicted molar refractivity (Wildman–Crippen MR) is 168 cm³/mol. The van der Waals surface area contributed by atoms with Crippen molar-refractivity contribution >= 4 is 46.1 Å². The summed E-state index contributed by atoms with van der Waals surface area (Å²) >= 11 is 0. The quantitative estimate of drug-likeness (QED) is 0.0890. The van der Waals surface area contributed by atoms with E-state index in [0.29, 0.717) is 77.9 Å². The molecule has 4 aromatic rings. The number of nitrogens with one attached hydrogen (secondary N) is 2. The third-order valence-electron chi connectivity index (χ3n) is 7.48. The van der Waals surface area contributed by atoms with Gasteiger partial charge in [0.15, 0.2) is 0 Å². The number of rotatable bonds is 14. The maximum atomic E-state index is 13.4. The molecule has 1 aliphatic heterocycles. The first-order valence-corrected chi connectivity index (χ1v) is 14.7. The summed E-state index contributed by atoms with van der Waals surface area (Å²) in [5, 5.41) is 19.7. The first kappa shape index (κ1) is 31.1. The van der Waals surface area contributed by atoms with E-state index in [1.54, 1.807) is 22.9 Å². The molecule has 2 aromatic carbocycles. The Morgan fingerprint density at radius 2 is 1.87 bits per heavy atom. The summed E-state index contributed by atoms with van der Waals surface area (Å²) in [7, 11) is 0. The molecule has 0 bridgehead atoms. The molecule has 0 saturated heterocycles. The average molecular weight is 620 g/mol. The van der Waals surface area contributed by atoms with Crippen LogP contribution in [0.25, 0.3) is 11.0 Å². The monoisotopic (exact) mass is 619 g/mol. The standard InChI is InChI=1S/C30H37N9O6/c1-3-38-22(10-16(2)37-38)29(43)36-30-35-21-12-18(28(33)42)14-24-26(21)39(30)19(15-45-24)6-4-7-34-25-20(31)11-17(27(32)41)13-23(25)44-9-5-8-40/h10-14,19,34,40H,3-9,15,31H2,1-2H3,(H2,32,41)(H2,33,42)(H,35,36,43)/t19-/m0/s1. The van der Waals surface area contributed by atoms with Crippen LogP contribution in [0.1, 0.15) is 69.1 Å². The van der Waals surface area contributed by atoms with Crippen molar-refractivity contribution in [1.29, 1.82) is 0 Å². The van der Waals surface area contributed by atoms with Gasteiger partial charge in [0.1, 0.15) is 35.0 Å². The molecule has 0 spiro atoms. The second-order valence-electron chi connectivity index (χ2n) is 10.7. The molecule has 15 nitrogen and oxygen atoms in total. The number of aromatic nitrogens is 4. The number of ether oxygens (including phenoxy) is 2. The number of anilines is 3. The molecule has 1 aliphatic rings. The van der Waals surface area contributed by atoms with E-state index in [-0.39, 0.29) is 42.9 Å². The van der Waals surface area contributed by atoms with Crippen LogP contribution in [-0.4, -0.2) is 68.5 Å². The van der Waals surface area contributed by atoms with Crippen LogP contribution in [0.15, 0.2) is 30.3 Å². The number of aliphatic hydroxyl groups is 1. The van der Waals surface area contributed by atoms with Crippen LogP contribution in [0.2, 0.25) is 0 Å². The Kier molecular flexibility index (Phi) is 9.08. The third-order valence-corrected chi connectivity index (χ3v) is 7.48. The molecule has 238 valence electrons. The summed E-state index contributed by atoms with van der Waals surface area (Å²) in [6, 6.07) is 7.67. The smallest absolute Gasteiger partial charge is 0.276 e. The minimum absolute atomic E-state index is 0.0456. The van der Waals surface area contributed by atoms with Crippen LogP contribution in [-0.2, 0) is 6.54 Å². The van der Waals surface area contributed by atoms with Crippen molar-refractivity contribution in [3.8, 4) is 11.5 Å². The van der Waals surface area contributed by atoms with Gasteiger partial charge in [-0.15, -0.1) is 0 Å². The number of nitrogens with zero attached hydrogens (tertiary/aromatic N) is 4. The number of hydrogen-bond acceptors (Lipinski definition) is 10. The van der Waals surface area contributed by atoms with Gasteiger partial charge in [-0.05, 0) is 57.0 Å². The lowest BCUT2D eigenvalue weighted by atomic mass is 10.1. The van der Waals surface area contributed by atoms with Crippen LogP contribution in [0.5, 0.6) is 11.5 Å². The average Bonchev–Trinajstić information content (AvgIpc) is 3.57. The number of nitrogens with two attached hydrogens (primary N) is 3. The van der Waals surface area contributed by atoms with Crippen LogP contribution in [0.3, 0.4) is 0 Å². The van der Waals surface area contributed by atoms with Gasteiger partial charge < -0.3 is 41.7 Å². The number of aliphatic hydroxyl groups excluding tert-OH is 1. The molecule has 3 amide bonds. The molecule has 0 unspecified atom stereocenters. The molecule has 2 aromatic heterocycles. The number of aryl methyl sites for hydroxylation is 2. The first-order chi connectivity index (χ1) is 21.6. The number of benzene rings is 2. The topological polar surface area (TPSA) is 228 Å². The zero-order valence-corrected chi connectivity index (χ0v) is 25.1. The van der Waals surface area contributed by atoms with Crippen molar-refractivity contribution in [2.75, 3.05) is 42.7 Å². The van der Waals surface area contributed by atoms with Crippen molar-refractivity contribution in [2.45, 2.75) is 45.7 Å². The number of carbonyl (C=O) groups is 3. The first-order valence-electron chi connectivity index (χ1n) is 14.7. The van der Waals surface area contributed by atoms with E-state index >= 15 is 0 Å². The minimum atomic E-state index is -0.635. The van der Waals surface area contributed by atoms with Gasteiger partial charge in [0.2, 0.25) is 17.8 Å². The van der Waals surface area contributed by atoms with Gasteiger partial charge in [-0.25, -0.2) is 4.98 Å². The van der Waals surface area contributed by atoms with Crippen LogP contribution < -0.4 is 37.3 Å². The SMILES string of the molecule is CCn1nc(C)cc1C(=O)Nc1nc2cc(C(N)=O)cc3c2n1[C@@H](CCCNc1c(N)cc(C(N)=O)cc1OCCCO)CO3. The van der Waals surface area contributed by atoms with Gasteiger partial charge in [-0.2, -0.15) is 5.10 Å². The fourth-order valence-electron chi connectivity index (χ4n) is 5.38. The Bertz CT molecular complexity index is 1760. The van der Waals surface area contributed by atoms with Crippen molar-refractivity contribution in [3.05, 3.63) is 52.8 Å². The molecule has 0 saturated carbocycles. The van der Waals surface area contributed by atoms with Crippen molar-refractivity contribution in [3.63, 3.8) is 0 Å². The van der Waals surface area contributed by atoms with Gasteiger partial charge in [-0.3, -0.25) is 24.4 Å². The molecule has 3 heterocycles. The second kappa shape index (κ2) is 13.1. The van der Waals surface area contributed by atoms with Crippen molar-refractivity contribution in [2.24, 2.45) is 11.5 Å². The Balaban J connectivity index is 1.38. The number of imidazole rings is 1. The lowest BCUT2D eigenvalue weighted by Crippen LogP contribution is -2.26. The van der Waals surface area contributed by atoms with Gasteiger partial charge >= 0.3 is 0 Å². The van der Waals surface area contributed by atoms with Crippen LogP contribution in [0.4, 0.5) is 17.3 Å². The van der Waals surface area contributed by atoms with Crippen molar-refractivity contribution in [1.82, 2.24) is 19.3 Å². The molecule has 5 rings (SSSR count). The molecule has 0 radical (unpaired) electrons. The molecule has 9 N–H and O–H groups in total. The lowest BCUT2D eigenvalue weighted by molar-refractivity contribution is 0.0991. The summed E-state index contributed by atoms with van der Waals surface area (Å²) in [5.74, 6) is -0.493. The van der Waals surface area contributed by atoms with Crippen LogP contribution >= 0.6 is 0 Å². The number of nitrogen functional groups attached to an aromatic ring is 1. The maximum Gasteiger partial charge on any atom is 0.276 e. The Labute approximate surface area is 258 Å². The Hall–Kier alpha value is -5.31. The second-order valence-corrected chi connectivity index (χ2v) is 10.7.